The standard InChI is InChI=1S/C42H88N2O20Si4/c1-49-65(50-2,51-3)24-14-20-61-33-39(45)29-43(30-40(46)34-62-21-15-25-66(52-4,53-5)54-6)37-18-13-19-38(28-37)44(31-41(47)35-63-22-16-26-67(55-7,56-8)57-9)32-42(48)36-64-23-17-27-68(58-10,59-11)60-12/h13,18-19,28,39-42,45-48H,14-17,20-27,29-36H2,1-12H3. The van der Waals surface area contributed by atoms with E-state index >= 15 is 0 Å². The molecule has 0 saturated carbocycles. The molecule has 68 heavy (non-hydrogen) atoms. The number of rotatable bonds is 46. The maximum Gasteiger partial charge on any atom is 0.500 e. The summed E-state index contributed by atoms with van der Waals surface area (Å²) in [4.78, 5) is 3.71. The minimum atomic E-state index is -2.77. The second-order valence-electron chi connectivity index (χ2n) is 15.8. The van der Waals surface area contributed by atoms with Gasteiger partial charge in [-0.15, -0.1) is 0 Å². The van der Waals surface area contributed by atoms with Crippen LogP contribution in [-0.4, -0.2) is 244 Å². The maximum atomic E-state index is 11.3. The highest BCUT2D eigenvalue weighted by molar-refractivity contribution is 6.61. The number of aliphatic hydroxyl groups excluding tert-OH is 4. The molecule has 402 valence electrons. The number of benzene rings is 1. The molecule has 4 atom stereocenters. The van der Waals surface area contributed by atoms with Crippen molar-refractivity contribution < 1.29 is 92.5 Å². The first kappa shape index (κ1) is 64.9. The van der Waals surface area contributed by atoms with Crippen LogP contribution in [0, 0.1) is 0 Å². The average molecular weight is 1050 g/mol. The number of nitrogens with zero attached hydrogens (tertiary/aromatic N) is 2. The molecule has 4 unspecified atom stereocenters. The van der Waals surface area contributed by atoms with Gasteiger partial charge in [-0.2, -0.15) is 0 Å². The van der Waals surface area contributed by atoms with E-state index in [1.165, 1.54) is 0 Å². The van der Waals surface area contributed by atoms with Crippen LogP contribution in [0.15, 0.2) is 24.3 Å². The molecule has 0 aliphatic heterocycles. The Kier molecular flexibility index (Phi) is 35.1. The smallest absolute Gasteiger partial charge is 0.389 e. The van der Waals surface area contributed by atoms with E-state index in [1.54, 1.807) is 85.3 Å². The van der Waals surface area contributed by atoms with Crippen molar-refractivity contribution in [1.29, 1.82) is 0 Å². The highest BCUT2D eigenvalue weighted by Gasteiger charge is 2.39. The fraction of sp³-hybridized carbons (Fsp3) is 0.857. The van der Waals surface area contributed by atoms with E-state index in [9.17, 15) is 20.4 Å². The lowest BCUT2D eigenvalue weighted by atomic mass is 10.1. The van der Waals surface area contributed by atoms with Gasteiger partial charge in [-0.1, -0.05) is 6.07 Å². The molecule has 0 fully saturated rings. The normalized spacial score (nSPS) is 14.6. The van der Waals surface area contributed by atoms with Crippen LogP contribution >= 0.6 is 0 Å². The fourth-order valence-electron chi connectivity index (χ4n) is 7.35. The summed E-state index contributed by atoms with van der Waals surface area (Å²) >= 11 is 0. The number of anilines is 2. The van der Waals surface area contributed by atoms with E-state index in [-0.39, 0.29) is 52.6 Å². The van der Waals surface area contributed by atoms with Gasteiger partial charge >= 0.3 is 35.2 Å². The van der Waals surface area contributed by atoms with Crippen LogP contribution in [0.4, 0.5) is 11.4 Å². The maximum absolute atomic E-state index is 11.3. The molecular formula is C42H88N2O20Si4. The van der Waals surface area contributed by atoms with Crippen molar-refractivity contribution in [1.82, 2.24) is 0 Å². The van der Waals surface area contributed by atoms with Crippen LogP contribution in [0.3, 0.4) is 0 Å². The Morgan fingerprint density at radius 2 is 0.574 bits per heavy atom. The molecule has 0 bridgehead atoms. The fourth-order valence-corrected chi connectivity index (χ4v) is 14.1. The predicted octanol–water partition coefficient (Wildman–Crippen LogP) is 1.88. The molecule has 1 rings (SSSR count). The Bertz CT molecular complexity index is 1170. The summed E-state index contributed by atoms with van der Waals surface area (Å²) in [5.74, 6) is 0. The van der Waals surface area contributed by atoms with Crippen LogP contribution in [0.1, 0.15) is 25.7 Å². The summed E-state index contributed by atoms with van der Waals surface area (Å²) in [6, 6.07) is 9.62. The molecule has 0 heterocycles. The number of hydrogen-bond acceptors (Lipinski definition) is 22. The zero-order chi connectivity index (χ0) is 50.9. The Balaban J connectivity index is 3.29. The summed E-state index contributed by atoms with van der Waals surface area (Å²) in [6.45, 7) is 1.85. The van der Waals surface area contributed by atoms with Crippen molar-refractivity contribution in [2.24, 2.45) is 0 Å². The summed E-state index contributed by atoms with van der Waals surface area (Å²) in [7, 11) is 7.60. The number of aliphatic hydroxyl groups is 4. The minimum Gasteiger partial charge on any atom is -0.389 e. The molecule has 1 aromatic rings. The summed E-state index contributed by atoms with van der Waals surface area (Å²) in [5, 5.41) is 45.2. The third-order valence-corrected chi connectivity index (χ3v) is 22.7. The van der Waals surface area contributed by atoms with Gasteiger partial charge in [0.15, 0.2) is 0 Å². The first-order valence-corrected chi connectivity index (χ1v) is 30.6. The Labute approximate surface area is 410 Å². The largest absolute Gasteiger partial charge is 0.500 e. The number of ether oxygens (including phenoxy) is 4. The Hall–Kier alpha value is -1.11. The van der Waals surface area contributed by atoms with Gasteiger partial charge in [-0.25, -0.2) is 0 Å². The molecule has 22 nitrogen and oxygen atoms in total. The minimum absolute atomic E-state index is 0.0239. The lowest BCUT2D eigenvalue weighted by Gasteiger charge is -2.33. The van der Waals surface area contributed by atoms with E-state index in [4.69, 9.17) is 72.1 Å². The van der Waals surface area contributed by atoms with Crippen LogP contribution in [0.5, 0.6) is 0 Å². The molecule has 0 saturated heterocycles. The van der Waals surface area contributed by atoms with Gasteiger partial charge in [0.05, 0.1) is 50.8 Å². The van der Waals surface area contributed by atoms with E-state index in [0.717, 1.165) is 0 Å². The van der Waals surface area contributed by atoms with E-state index in [1.807, 2.05) is 34.1 Å². The topological polar surface area (TPSA) is 235 Å². The van der Waals surface area contributed by atoms with Crippen molar-refractivity contribution >= 4 is 46.6 Å². The molecule has 4 N–H and O–H groups in total. The molecule has 26 heteroatoms. The number of hydrogen-bond donors (Lipinski definition) is 4. The van der Waals surface area contributed by atoms with Gasteiger partial charge in [-0.3, -0.25) is 0 Å². The summed E-state index contributed by atoms with van der Waals surface area (Å²) in [6.07, 6.45) is -1.40. The SMILES string of the molecule is CO[Si](CCCOCC(O)CN(CC(O)COCCC[Si](OC)(OC)OC)c1cccc(N(CC(O)COCCC[Si](OC)(OC)OC)CC(O)COCCC[Si](OC)(OC)OC)c1)(OC)OC. The quantitative estimate of drug-likeness (QED) is 0.0539. The summed E-state index contributed by atoms with van der Waals surface area (Å²) in [5.41, 5.74) is 1.33. The lowest BCUT2D eigenvalue weighted by Crippen LogP contribution is -2.43. The molecule has 0 aromatic heterocycles. The van der Waals surface area contributed by atoms with Gasteiger partial charge in [-0.05, 0) is 43.9 Å². The van der Waals surface area contributed by atoms with E-state index < -0.39 is 59.6 Å². The van der Waals surface area contributed by atoms with Crippen LogP contribution in [-0.2, 0) is 72.1 Å². The lowest BCUT2D eigenvalue weighted by molar-refractivity contribution is 0.0283. The third-order valence-electron chi connectivity index (χ3n) is 11.3. The van der Waals surface area contributed by atoms with Crippen molar-refractivity contribution in [2.75, 3.05) is 174 Å². The van der Waals surface area contributed by atoms with E-state index in [2.05, 4.69) is 0 Å². The van der Waals surface area contributed by atoms with Gasteiger partial charge in [0.25, 0.3) is 0 Å². The van der Waals surface area contributed by atoms with Gasteiger partial charge < -0.3 is 102 Å². The molecule has 1 aromatic carbocycles. The molecule has 0 amide bonds. The highest BCUT2D eigenvalue weighted by Crippen LogP contribution is 2.25. The van der Waals surface area contributed by atoms with Crippen molar-refractivity contribution in [2.45, 2.75) is 74.3 Å². The monoisotopic (exact) mass is 1050 g/mol. The second-order valence-corrected chi connectivity index (χ2v) is 28.2. The first-order chi connectivity index (χ1) is 32.7. The Morgan fingerprint density at radius 3 is 0.765 bits per heavy atom. The zero-order valence-corrected chi connectivity index (χ0v) is 47.0. The van der Waals surface area contributed by atoms with Crippen LogP contribution in [0.2, 0.25) is 24.2 Å². The molecule has 0 aliphatic carbocycles. The van der Waals surface area contributed by atoms with Crippen molar-refractivity contribution in [3.8, 4) is 0 Å². The van der Waals surface area contributed by atoms with E-state index in [0.29, 0.717) is 87.7 Å². The van der Waals surface area contributed by atoms with Gasteiger partial charge in [0.1, 0.15) is 0 Å². The molecule has 0 radical (unpaired) electrons. The molecular weight excluding hydrogens is 965 g/mol. The molecule has 0 aliphatic rings. The van der Waals surface area contributed by atoms with Gasteiger partial charge in [0, 0.05) is 173 Å². The van der Waals surface area contributed by atoms with Gasteiger partial charge in [0.2, 0.25) is 0 Å². The highest BCUT2D eigenvalue weighted by atomic mass is 28.4. The van der Waals surface area contributed by atoms with Crippen LogP contribution < -0.4 is 9.80 Å². The van der Waals surface area contributed by atoms with Crippen molar-refractivity contribution in [3.63, 3.8) is 0 Å². The molecule has 0 spiro atoms. The second kappa shape index (κ2) is 36.7. The Morgan fingerprint density at radius 1 is 0.368 bits per heavy atom. The average Bonchev–Trinajstić information content (AvgIpc) is 3.36. The zero-order valence-electron chi connectivity index (χ0n) is 43.0. The summed E-state index contributed by atoms with van der Waals surface area (Å²) < 4.78 is 89.5. The van der Waals surface area contributed by atoms with Crippen LogP contribution in [0.25, 0.3) is 0 Å². The third kappa shape index (κ3) is 24.1. The first-order valence-electron chi connectivity index (χ1n) is 22.9. The predicted molar refractivity (Wildman–Crippen MR) is 263 cm³/mol. The van der Waals surface area contributed by atoms with Crippen molar-refractivity contribution in [3.05, 3.63) is 24.3 Å².